The molecule has 0 spiro atoms. The van der Waals surface area contributed by atoms with Crippen LogP contribution in [0.1, 0.15) is 31.9 Å². The highest BCUT2D eigenvalue weighted by atomic mass is 35.5. The van der Waals surface area contributed by atoms with Gasteiger partial charge >= 0.3 is 0 Å². The van der Waals surface area contributed by atoms with Crippen molar-refractivity contribution in [3.63, 3.8) is 0 Å². The molecule has 1 aromatic carbocycles. The third kappa shape index (κ3) is 2.73. The van der Waals surface area contributed by atoms with Crippen molar-refractivity contribution in [3.8, 4) is 0 Å². The molecule has 1 aromatic rings. The van der Waals surface area contributed by atoms with Crippen molar-refractivity contribution < 1.29 is 0 Å². The van der Waals surface area contributed by atoms with E-state index in [2.05, 4.69) is 32.9 Å². The lowest BCUT2D eigenvalue weighted by Gasteiger charge is -2.21. The van der Waals surface area contributed by atoms with E-state index in [1.54, 1.807) is 0 Å². The van der Waals surface area contributed by atoms with Crippen LogP contribution in [0.5, 0.6) is 0 Å². The molecular weight excluding hydrogens is 194 g/mol. The first-order chi connectivity index (χ1) is 6.45. The molecule has 0 aliphatic rings. The van der Waals surface area contributed by atoms with Crippen molar-refractivity contribution in [1.82, 2.24) is 0 Å². The Kier molecular flexibility index (Phi) is 3.57. The topological polar surface area (TPSA) is 26.0 Å². The molecule has 0 atom stereocenters. The van der Waals surface area contributed by atoms with Gasteiger partial charge in [0.2, 0.25) is 0 Å². The van der Waals surface area contributed by atoms with Gasteiger partial charge in [-0.2, -0.15) is 0 Å². The monoisotopic (exact) mass is 211 g/mol. The Morgan fingerprint density at radius 2 is 1.93 bits per heavy atom. The maximum absolute atomic E-state index is 6.21. The molecule has 0 fully saturated rings. The van der Waals surface area contributed by atoms with Crippen LogP contribution in [0.2, 0.25) is 5.02 Å². The van der Waals surface area contributed by atoms with E-state index in [1.165, 1.54) is 11.1 Å². The molecule has 0 heterocycles. The Labute approximate surface area is 91.3 Å². The molecule has 14 heavy (non-hydrogen) atoms. The maximum Gasteiger partial charge on any atom is 0.0446 e. The Hall–Kier alpha value is -0.530. The van der Waals surface area contributed by atoms with Gasteiger partial charge in [0, 0.05) is 5.02 Å². The Morgan fingerprint density at radius 3 is 2.36 bits per heavy atom. The minimum atomic E-state index is 0.109. The number of nitrogens with two attached hydrogens (primary N) is 1. The molecule has 0 aliphatic heterocycles. The summed E-state index contributed by atoms with van der Waals surface area (Å²) < 4.78 is 0. The molecule has 2 heteroatoms. The summed E-state index contributed by atoms with van der Waals surface area (Å²) >= 11 is 6.21. The lowest BCUT2D eigenvalue weighted by Crippen LogP contribution is -2.12. The lowest BCUT2D eigenvalue weighted by atomic mass is 9.86. The maximum atomic E-state index is 6.21. The van der Waals surface area contributed by atoms with Gasteiger partial charge in [0.1, 0.15) is 0 Å². The second kappa shape index (κ2) is 4.33. The zero-order chi connectivity index (χ0) is 10.8. The molecule has 2 N–H and O–H groups in total. The molecule has 0 amide bonds. The number of rotatable bonds is 2. The van der Waals surface area contributed by atoms with E-state index >= 15 is 0 Å². The molecule has 0 aliphatic carbocycles. The van der Waals surface area contributed by atoms with Gasteiger partial charge in [0.05, 0.1) is 0 Å². The molecular formula is C12H18ClN. The van der Waals surface area contributed by atoms with E-state index < -0.39 is 0 Å². The van der Waals surface area contributed by atoms with Gasteiger partial charge < -0.3 is 5.73 Å². The summed E-state index contributed by atoms with van der Waals surface area (Å²) in [6.45, 7) is 7.16. The molecule has 0 unspecified atom stereocenters. The van der Waals surface area contributed by atoms with E-state index in [0.717, 1.165) is 11.4 Å². The second-order valence-corrected chi connectivity index (χ2v) is 5.01. The Morgan fingerprint density at radius 1 is 1.29 bits per heavy atom. The fraction of sp³-hybridized carbons (Fsp3) is 0.500. The first kappa shape index (κ1) is 11.5. The highest BCUT2D eigenvalue weighted by Gasteiger charge is 2.16. The SMILES string of the molecule is CC(C)(C)c1ccc(CCN)cc1Cl. The van der Waals surface area contributed by atoms with Gasteiger partial charge in [-0.25, -0.2) is 0 Å². The predicted octanol–water partition coefficient (Wildman–Crippen LogP) is 3.14. The molecule has 1 rings (SSSR count). The van der Waals surface area contributed by atoms with Crippen molar-refractivity contribution in [2.24, 2.45) is 5.73 Å². The van der Waals surface area contributed by atoms with Crippen molar-refractivity contribution >= 4 is 11.6 Å². The van der Waals surface area contributed by atoms with Gasteiger partial charge in [0.25, 0.3) is 0 Å². The predicted molar refractivity (Wildman–Crippen MR) is 62.9 cm³/mol. The highest BCUT2D eigenvalue weighted by Crippen LogP contribution is 2.29. The summed E-state index contributed by atoms with van der Waals surface area (Å²) in [5.41, 5.74) is 8.01. The number of halogens is 1. The summed E-state index contributed by atoms with van der Waals surface area (Å²) in [7, 11) is 0. The van der Waals surface area contributed by atoms with Crippen LogP contribution in [0.25, 0.3) is 0 Å². The first-order valence-corrected chi connectivity index (χ1v) is 5.32. The van der Waals surface area contributed by atoms with E-state index in [9.17, 15) is 0 Å². The number of hydrogen-bond donors (Lipinski definition) is 1. The van der Waals surface area contributed by atoms with Crippen LogP contribution in [0.15, 0.2) is 18.2 Å². The summed E-state index contributed by atoms with van der Waals surface area (Å²) in [6.07, 6.45) is 0.893. The van der Waals surface area contributed by atoms with E-state index in [1.807, 2.05) is 6.07 Å². The second-order valence-electron chi connectivity index (χ2n) is 4.60. The fourth-order valence-electron chi connectivity index (χ4n) is 1.49. The molecule has 0 saturated carbocycles. The molecule has 0 saturated heterocycles. The van der Waals surface area contributed by atoms with Crippen molar-refractivity contribution in [2.75, 3.05) is 6.54 Å². The zero-order valence-electron chi connectivity index (χ0n) is 9.10. The zero-order valence-corrected chi connectivity index (χ0v) is 9.86. The van der Waals surface area contributed by atoms with E-state index in [0.29, 0.717) is 6.54 Å². The van der Waals surface area contributed by atoms with Gasteiger partial charge in [-0.15, -0.1) is 0 Å². The smallest absolute Gasteiger partial charge is 0.0446 e. The van der Waals surface area contributed by atoms with Gasteiger partial charge in [-0.1, -0.05) is 44.5 Å². The Balaban J connectivity index is 3.02. The molecule has 0 radical (unpaired) electrons. The summed E-state index contributed by atoms with van der Waals surface area (Å²) in [4.78, 5) is 0. The van der Waals surface area contributed by atoms with Crippen LogP contribution in [0.3, 0.4) is 0 Å². The van der Waals surface area contributed by atoms with E-state index in [-0.39, 0.29) is 5.41 Å². The molecule has 0 bridgehead atoms. The summed E-state index contributed by atoms with van der Waals surface area (Å²) in [6, 6.07) is 6.24. The molecule has 1 nitrogen and oxygen atoms in total. The minimum absolute atomic E-state index is 0.109. The average molecular weight is 212 g/mol. The average Bonchev–Trinajstić information content (AvgIpc) is 2.02. The van der Waals surface area contributed by atoms with Crippen molar-refractivity contribution in [1.29, 1.82) is 0 Å². The van der Waals surface area contributed by atoms with Crippen LogP contribution in [-0.4, -0.2) is 6.54 Å². The third-order valence-electron chi connectivity index (χ3n) is 2.27. The fourth-order valence-corrected chi connectivity index (χ4v) is 1.98. The van der Waals surface area contributed by atoms with Crippen molar-refractivity contribution in [3.05, 3.63) is 34.3 Å². The van der Waals surface area contributed by atoms with Crippen LogP contribution in [0, 0.1) is 0 Å². The van der Waals surface area contributed by atoms with Crippen LogP contribution in [0.4, 0.5) is 0 Å². The van der Waals surface area contributed by atoms with Gasteiger partial charge in [-0.3, -0.25) is 0 Å². The number of benzene rings is 1. The number of hydrogen-bond acceptors (Lipinski definition) is 1. The van der Waals surface area contributed by atoms with Crippen LogP contribution in [-0.2, 0) is 11.8 Å². The van der Waals surface area contributed by atoms with Crippen molar-refractivity contribution in [2.45, 2.75) is 32.6 Å². The van der Waals surface area contributed by atoms with Gasteiger partial charge in [0.15, 0.2) is 0 Å². The van der Waals surface area contributed by atoms with Crippen LogP contribution >= 0.6 is 11.6 Å². The standard InChI is InChI=1S/C12H18ClN/c1-12(2,3)10-5-4-9(6-7-14)8-11(10)13/h4-5,8H,6-7,14H2,1-3H3. The van der Waals surface area contributed by atoms with Gasteiger partial charge in [-0.05, 0) is 35.6 Å². The highest BCUT2D eigenvalue weighted by molar-refractivity contribution is 6.31. The Bertz CT molecular complexity index is 313. The lowest BCUT2D eigenvalue weighted by molar-refractivity contribution is 0.590. The molecule has 78 valence electrons. The normalized spacial score (nSPS) is 11.8. The quantitative estimate of drug-likeness (QED) is 0.799. The van der Waals surface area contributed by atoms with E-state index in [4.69, 9.17) is 17.3 Å². The minimum Gasteiger partial charge on any atom is -0.330 e. The van der Waals surface area contributed by atoms with Crippen LogP contribution < -0.4 is 5.73 Å². The third-order valence-corrected chi connectivity index (χ3v) is 2.59. The molecule has 0 aromatic heterocycles. The summed E-state index contributed by atoms with van der Waals surface area (Å²) in [5, 5.41) is 0.850. The first-order valence-electron chi connectivity index (χ1n) is 4.94. The summed E-state index contributed by atoms with van der Waals surface area (Å²) in [5.74, 6) is 0. The largest absolute Gasteiger partial charge is 0.330 e.